The van der Waals surface area contributed by atoms with E-state index in [2.05, 4.69) is 44.3 Å². The standard InChI is InChI=1S/C26H21ClN6/c1-16-9-18(13-32-25(16)21-5-6-28-17(2)10-21)14-33-26-22-15-31-23(11-19(22)3-8-30-26)20-4-7-29-24(27)12-20/h3-13,15H,14H2,1-2H3,(H,30,33). The van der Waals surface area contributed by atoms with Crippen LogP contribution in [0.2, 0.25) is 5.15 Å². The van der Waals surface area contributed by atoms with E-state index < -0.39 is 0 Å². The molecule has 0 amide bonds. The van der Waals surface area contributed by atoms with Gasteiger partial charge in [-0.15, -0.1) is 0 Å². The Morgan fingerprint density at radius 1 is 0.788 bits per heavy atom. The first-order valence-electron chi connectivity index (χ1n) is 10.6. The summed E-state index contributed by atoms with van der Waals surface area (Å²) >= 11 is 6.03. The minimum Gasteiger partial charge on any atom is -0.365 e. The molecule has 0 spiro atoms. The Kier molecular flexibility index (Phi) is 5.67. The minimum atomic E-state index is 0.445. The second-order valence-electron chi connectivity index (χ2n) is 7.87. The first-order chi connectivity index (χ1) is 16.1. The average Bonchev–Trinajstić information content (AvgIpc) is 2.82. The van der Waals surface area contributed by atoms with Crippen LogP contribution < -0.4 is 5.32 Å². The Hall–Kier alpha value is -3.90. The number of pyridine rings is 5. The number of aryl methyl sites for hydroxylation is 2. The first-order valence-corrected chi connectivity index (χ1v) is 10.9. The van der Waals surface area contributed by atoms with Gasteiger partial charge in [0.2, 0.25) is 0 Å². The van der Waals surface area contributed by atoms with E-state index in [0.717, 1.165) is 55.9 Å². The van der Waals surface area contributed by atoms with Crippen LogP contribution in [0.5, 0.6) is 0 Å². The first kappa shape index (κ1) is 21.0. The van der Waals surface area contributed by atoms with Crippen molar-refractivity contribution in [3.63, 3.8) is 0 Å². The molecule has 0 unspecified atom stereocenters. The predicted octanol–water partition coefficient (Wildman–Crippen LogP) is 6.03. The molecular weight excluding hydrogens is 432 g/mol. The molecule has 5 rings (SSSR count). The molecule has 0 fully saturated rings. The highest BCUT2D eigenvalue weighted by Gasteiger charge is 2.09. The lowest BCUT2D eigenvalue weighted by molar-refractivity contribution is 1.08. The topological polar surface area (TPSA) is 76.5 Å². The Labute approximate surface area is 196 Å². The molecule has 5 heterocycles. The second kappa shape index (κ2) is 8.92. The van der Waals surface area contributed by atoms with Gasteiger partial charge in [0.25, 0.3) is 0 Å². The van der Waals surface area contributed by atoms with Crippen LogP contribution in [0, 0.1) is 13.8 Å². The molecule has 5 aromatic rings. The van der Waals surface area contributed by atoms with Gasteiger partial charge in [0.05, 0.1) is 11.4 Å². The molecule has 0 atom stereocenters. The van der Waals surface area contributed by atoms with Crippen LogP contribution in [0.4, 0.5) is 5.82 Å². The van der Waals surface area contributed by atoms with Gasteiger partial charge < -0.3 is 5.32 Å². The van der Waals surface area contributed by atoms with Crippen LogP contribution in [0.3, 0.4) is 0 Å². The summed E-state index contributed by atoms with van der Waals surface area (Å²) < 4.78 is 0. The number of hydrogen-bond donors (Lipinski definition) is 1. The second-order valence-corrected chi connectivity index (χ2v) is 8.25. The van der Waals surface area contributed by atoms with E-state index in [0.29, 0.717) is 11.7 Å². The third-order valence-corrected chi connectivity index (χ3v) is 5.64. The van der Waals surface area contributed by atoms with Gasteiger partial charge in [0.15, 0.2) is 0 Å². The van der Waals surface area contributed by atoms with E-state index in [-0.39, 0.29) is 0 Å². The highest BCUT2D eigenvalue weighted by molar-refractivity contribution is 6.29. The molecule has 0 aromatic carbocycles. The predicted molar refractivity (Wildman–Crippen MR) is 132 cm³/mol. The molecule has 0 aliphatic rings. The molecular formula is C26H21ClN6. The molecule has 0 aliphatic heterocycles. The quantitative estimate of drug-likeness (QED) is 0.328. The Morgan fingerprint density at radius 3 is 2.42 bits per heavy atom. The van der Waals surface area contributed by atoms with Crippen LogP contribution in [-0.4, -0.2) is 24.9 Å². The zero-order valence-corrected chi connectivity index (χ0v) is 19.0. The van der Waals surface area contributed by atoms with Gasteiger partial charge in [-0.3, -0.25) is 15.0 Å². The van der Waals surface area contributed by atoms with E-state index in [1.807, 2.05) is 55.8 Å². The SMILES string of the molecule is Cc1cc(-c2ncc(CNc3nccc4cc(-c5ccnc(Cl)c5)ncc34)cc2C)ccn1. The zero-order chi connectivity index (χ0) is 22.8. The van der Waals surface area contributed by atoms with Crippen molar-refractivity contribution in [1.82, 2.24) is 24.9 Å². The van der Waals surface area contributed by atoms with Crippen molar-refractivity contribution in [2.24, 2.45) is 0 Å². The number of halogens is 1. The van der Waals surface area contributed by atoms with Crippen molar-refractivity contribution >= 4 is 28.2 Å². The van der Waals surface area contributed by atoms with Gasteiger partial charge in [0.1, 0.15) is 11.0 Å². The smallest absolute Gasteiger partial charge is 0.135 e. The fraction of sp³-hybridized carbons (Fsp3) is 0.115. The molecule has 1 N–H and O–H groups in total. The largest absolute Gasteiger partial charge is 0.365 e. The summed E-state index contributed by atoms with van der Waals surface area (Å²) in [6.07, 6.45) is 9.04. The fourth-order valence-electron chi connectivity index (χ4n) is 3.84. The molecule has 5 aromatic heterocycles. The molecule has 0 bridgehead atoms. The van der Waals surface area contributed by atoms with Gasteiger partial charge in [-0.1, -0.05) is 17.7 Å². The van der Waals surface area contributed by atoms with E-state index in [1.54, 1.807) is 12.4 Å². The van der Waals surface area contributed by atoms with Gasteiger partial charge in [-0.05, 0) is 66.8 Å². The maximum Gasteiger partial charge on any atom is 0.135 e. The summed E-state index contributed by atoms with van der Waals surface area (Å²) in [4.78, 5) is 22.1. The van der Waals surface area contributed by atoms with Gasteiger partial charge >= 0.3 is 0 Å². The van der Waals surface area contributed by atoms with Crippen molar-refractivity contribution in [2.45, 2.75) is 20.4 Å². The summed E-state index contributed by atoms with van der Waals surface area (Å²) in [6.45, 7) is 4.67. The van der Waals surface area contributed by atoms with Crippen molar-refractivity contribution in [3.8, 4) is 22.5 Å². The highest BCUT2D eigenvalue weighted by Crippen LogP contribution is 2.27. The Bertz CT molecular complexity index is 1470. The van der Waals surface area contributed by atoms with E-state index in [9.17, 15) is 0 Å². The molecule has 6 nitrogen and oxygen atoms in total. The minimum absolute atomic E-state index is 0.445. The lowest BCUT2D eigenvalue weighted by Gasteiger charge is -2.11. The molecule has 0 radical (unpaired) electrons. The van der Waals surface area contributed by atoms with Gasteiger partial charge in [-0.25, -0.2) is 9.97 Å². The molecule has 33 heavy (non-hydrogen) atoms. The molecule has 7 heteroatoms. The normalized spacial score (nSPS) is 11.0. The lowest BCUT2D eigenvalue weighted by atomic mass is 10.1. The number of aromatic nitrogens is 5. The van der Waals surface area contributed by atoms with E-state index in [1.165, 1.54) is 0 Å². The molecule has 0 aliphatic carbocycles. The van der Waals surface area contributed by atoms with Crippen molar-refractivity contribution < 1.29 is 0 Å². The van der Waals surface area contributed by atoms with Crippen molar-refractivity contribution in [3.05, 3.63) is 95.4 Å². The number of fused-ring (bicyclic) bond motifs is 1. The van der Waals surface area contributed by atoms with Crippen LogP contribution in [0.1, 0.15) is 16.8 Å². The maximum absolute atomic E-state index is 6.03. The van der Waals surface area contributed by atoms with Gasteiger partial charge in [-0.2, -0.15) is 0 Å². The van der Waals surface area contributed by atoms with Crippen LogP contribution >= 0.6 is 11.6 Å². The molecule has 0 saturated heterocycles. The number of nitrogens with one attached hydrogen (secondary N) is 1. The number of rotatable bonds is 5. The highest BCUT2D eigenvalue weighted by atomic mass is 35.5. The summed E-state index contributed by atoms with van der Waals surface area (Å²) in [5, 5.41) is 5.88. The van der Waals surface area contributed by atoms with Crippen LogP contribution in [0.25, 0.3) is 33.3 Å². The molecule has 162 valence electrons. The van der Waals surface area contributed by atoms with E-state index >= 15 is 0 Å². The van der Waals surface area contributed by atoms with Crippen molar-refractivity contribution in [1.29, 1.82) is 0 Å². The van der Waals surface area contributed by atoms with Gasteiger partial charge in [0, 0.05) is 59.7 Å². The number of nitrogens with zero attached hydrogens (tertiary/aromatic N) is 5. The van der Waals surface area contributed by atoms with Crippen LogP contribution in [0.15, 0.2) is 73.4 Å². The third kappa shape index (κ3) is 4.52. The monoisotopic (exact) mass is 452 g/mol. The summed E-state index contributed by atoms with van der Waals surface area (Å²) in [5.74, 6) is 0.783. The Balaban J connectivity index is 1.38. The zero-order valence-electron chi connectivity index (χ0n) is 18.2. The lowest BCUT2D eigenvalue weighted by Crippen LogP contribution is -2.04. The number of hydrogen-bond acceptors (Lipinski definition) is 6. The summed E-state index contributed by atoms with van der Waals surface area (Å²) in [6, 6.07) is 13.9. The fourth-order valence-corrected chi connectivity index (χ4v) is 4.01. The summed E-state index contributed by atoms with van der Waals surface area (Å²) in [5.41, 5.74) is 6.99. The van der Waals surface area contributed by atoms with Crippen LogP contribution in [-0.2, 0) is 6.54 Å². The average molecular weight is 453 g/mol. The number of anilines is 1. The van der Waals surface area contributed by atoms with Crippen molar-refractivity contribution in [2.75, 3.05) is 5.32 Å². The third-order valence-electron chi connectivity index (χ3n) is 5.44. The maximum atomic E-state index is 6.03. The molecule has 0 saturated carbocycles. The van der Waals surface area contributed by atoms with E-state index in [4.69, 9.17) is 16.6 Å². The Morgan fingerprint density at radius 2 is 1.61 bits per heavy atom. The summed E-state index contributed by atoms with van der Waals surface area (Å²) in [7, 11) is 0.